The average molecular weight is 257 g/mol. The molecule has 2 aromatic rings. The highest BCUT2D eigenvalue weighted by atomic mass is 15.3. The molecular formula is C14H19N5. The van der Waals surface area contributed by atoms with Crippen molar-refractivity contribution in [2.24, 2.45) is 11.8 Å². The van der Waals surface area contributed by atoms with E-state index in [1.165, 1.54) is 6.42 Å². The van der Waals surface area contributed by atoms with E-state index in [-0.39, 0.29) is 0 Å². The summed E-state index contributed by atoms with van der Waals surface area (Å²) in [4.78, 5) is 7.14. The standard InChI is InChI=1S/C14H19N5/c1-2-12-11-8-15-7-10(11)9-18(12)14-13-3-4-17-19(13)6-5-16-14/h3-6,10-12,15H,2,7-9H2,1H3. The molecule has 0 aliphatic carbocycles. The number of rotatable bonds is 2. The molecule has 2 fully saturated rings. The molecule has 5 heteroatoms. The number of nitrogens with zero attached hydrogens (tertiary/aromatic N) is 4. The Labute approximate surface area is 112 Å². The zero-order valence-electron chi connectivity index (χ0n) is 11.2. The summed E-state index contributed by atoms with van der Waals surface area (Å²) in [5.74, 6) is 2.64. The molecule has 2 aliphatic rings. The molecule has 0 spiro atoms. The Balaban J connectivity index is 1.77. The predicted octanol–water partition coefficient (Wildman–Crippen LogP) is 1.16. The number of hydrogen-bond acceptors (Lipinski definition) is 4. The molecule has 4 heterocycles. The molecule has 2 aliphatic heterocycles. The predicted molar refractivity (Wildman–Crippen MR) is 74.3 cm³/mol. The molecule has 19 heavy (non-hydrogen) atoms. The zero-order valence-corrected chi connectivity index (χ0v) is 11.2. The number of nitrogens with one attached hydrogen (secondary N) is 1. The second-order valence-electron chi connectivity index (χ2n) is 5.62. The lowest BCUT2D eigenvalue weighted by Crippen LogP contribution is -2.35. The topological polar surface area (TPSA) is 45.5 Å². The minimum atomic E-state index is 0.605. The molecule has 100 valence electrons. The molecule has 2 saturated heterocycles. The highest BCUT2D eigenvalue weighted by Gasteiger charge is 2.44. The second-order valence-corrected chi connectivity index (χ2v) is 5.62. The summed E-state index contributed by atoms with van der Waals surface area (Å²) < 4.78 is 1.92. The van der Waals surface area contributed by atoms with Crippen LogP contribution in [0.4, 0.5) is 5.82 Å². The van der Waals surface area contributed by atoms with Crippen LogP contribution in [0, 0.1) is 11.8 Å². The van der Waals surface area contributed by atoms with Gasteiger partial charge in [-0.15, -0.1) is 0 Å². The maximum absolute atomic E-state index is 4.63. The number of fused-ring (bicyclic) bond motifs is 2. The molecule has 1 N–H and O–H groups in total. The van der Waals surface area contributed by atoms with Crippen LogP contribution in [0.5, 0.6) is 0 Å². The smallest absolute Gasteiger partial charge is 0.154 e. The SMILES string of the molecule is CCC1C2CNCC2CN1c1nccn2nccc12. The summed E-state index contributed by atoms with van der Waals surface area (Å²) in [6, 6.07) is 2.66. The Morgan fingerprint density at radius 2 is 2.32 bits per heavy atom. The summed E-state index contributed by atoms with van der Waals surface area (Å²) in [6.07, 6.45) is 6.80. The van der Waals surface area contributed by atoms with Gasteiger partial charge in [0.05, 0.1) is 6.20 Å². The van der Waals surface area contributed by atoms with Crippen molar-refractivity contribution in [1.29, 1.82) is 0 Å². The fraction of sp³-hybridized carbons (Fsp3) is 0.571. The summed E-state index contributed by atoms with van der Waals surface area (Å²) >= 11 is 0. The van der Waals surface area contributed by atoms with Gasteiger partial charge in [-0.1, -0.05) is 6.92 Å². The molecule has 0 saturated carbocycles. The summed E-state index contributed by atoms with van der Waals surface area (Å²) in [7, 11) is 0. The van der Waals surface area contributed by atoms with E-state index in [1.54, 1.807) is 0 Å². The van der Waals surface area contributed by atoms with Crippen LogP contribution in [0.15, 0.2) is 24.7 Å². The highest BCUT2D eigenvalue weighted by Crippen LogP contribution is 2.37. The van der Waals surface area contributed by atoms with Crippen LogP contribution in [-0.2, 0) is 0 Å². The second kappa shape index (κ2) is 4.20. The molecule has 4 rings (SSSR count). The van der Waals surface area contributed by atoms with Crippen LogP contribution < -0.4 is 10.2 Å². The van der Waals surface area contributed by atoms with E-state index in [0.29, 0.717) is 6.04 Å². The first-order chi connectivity index (χ1) is 9.38. The maximum Gasteiger partial charge on any atom is 0.154 e. The quantitative estimate of drug-likeness (QED) is 0.877. The van der Waals surface area contributed by atoms with Gasteiger partial charge in [-0.25, -0.2) is 9.50 Å². The van der Waals surface area contributed by atoms with Gasteiger partial charge in [0.25, 0.3) is 0 Å². The molecule has 3 atom stereocenters. The number of anilines is 1. The van der Waals surface area contributed by atoms with Crippen molar-refractivity contribution in [3.63, 3.8) is 0 Å². The molecule has 2 aromatic heterocycles. The maximum atomic E-state index is 4.63. The normalized spacial score (nSPS) is 30.2. The first kappa shape index (κ1) is 11.2. The lowest BCUT2D eigenvalue weighted by molar-refractivity contribution is 0.441. The van der Waals surface area contributed by atoms with Gasteiger partial charge in [0.2, 0.25) is 0 Å². The van der Waals surface area contributed by atoms with E-state index < -0.39 is 0 Å². The van der Waals surface area contributed by atoms with Crippen LogP contribution in [0.1, 0.15) is 13.3 Å². The third-order valence-corrected chi connectivity index (χ3v) is 4.71. The third kappa shape index (κ3) is 1.57. The van der Waals surface area contributed by atoms with E-state index >= 15 is 0 Å². The van der Waals surface area contributed by atoms with E-state index in [2.05, 4.69) is 33.3 Å². The third-order valence-electron chi connectivity index (χ3n) is 4.71. The minimum absolute atomic E-state index is 0.605. The monoisotopic (exact) mass is 257 g/mol. The fourth-order valence-electron chi connectivity index (χ4n) is 3.85. The van der Waals surface area contributed by atoms with E-state index in [1.807, 2.05) is 23.1 Å². The van der Waals surface area contributed by atoms with Gasteiger partial charge in [-0.3, -0.25) is 0 Å². The zero-order chi connectivity index (χ0) is 12.8. The van der Waals surface area contributed by atoms with E-state index in [4.69, 9.17) is 0 Å². The molecule has 0 aromatic carbocycles. The average Bonchev–Trinajstić information content (AvgIpc) is 3.12. The molecule has 0 bridgehead atoms. The molecule has 0 amide bonds. The Hall–Kier alpha value is -1.62. The molecule has 5 nitrogen and oxygen atoms in total. The number of hydrogen-bond donors (Lipinski definition) is 1. The van der Waals surface area contributed by atoms with Gasteiger partial charge in [-0.2, -0.15) is 5.10 Å². The van der Waals surface area contributed by atoms with Gasteiger partial charge in [-0.05, 0) is 24.3 Å². The van der Waals surface area contributed by atoms with Crippen LogP contribution in [0.2, 0.25) is 0 Å². The fourth-order valence-corrected chi connectivity index (χ4v) is 3.85. The van der Waals surface area contributed by atoms with Crippen molar-refractivity contribution in [2.75, 3.05) is 24.5 Å². The van der Waals surface area contributed by atoms with Crippen LogP contribution in [-0.4, -0.2) is 40.3 Å². The van der Waals surface area contributed by atoms with Crippen LogP contribution >= 0.6 is 0 Å². The molecule has 3 unspecified atom stereocenters. The summed E-state index contributed by atoms with van der Waals surface area (Å²) in [5, 5.41) is 7.84. The van der Waals surface area contributed by atoms with Gasteiger partial charge in [0.1, 0.15) is 5.52 Å². The first-order valence-corrected chi connectivity index (χ1v) is 7.14. The Morgan fingerprint density at radius 1 is 1.37 bits per heavy atom. The summed E-state index contributed by atoms with van der Waals surface area (Å²) in [5.41, 5.74) is 1.12. The van der Waals surface area contributed by atoms with Crippen molar-refractivity contribution >= 4 is 11.3 Å². The van der Waals surface area contributed by atoms with E-state index in [9.17, 15) is 0 Å². The van der Waals surface area contributed by atoms with Crippen molar-refractivity contribution in [2.45, 2.75) is 19.4 Å². The Morgan fingerprint density at radius 3 is 3.21 bits per heavy atom. The van der Waals surface area contributed by atoms with Crippen molar-refractivity contribution in [3.05, 3.63) is 24.7 Å². The van der Waals surface area contributed by atoms with Crippen molar-refractivity contribution in [1.82, 2.24) is 19.9 Å². The lowest BCUT2D eigenvalue weighted by atomic mass is 9.93. The highest BCUT2D eigenvalue weighted by molar-refractivity contribution is 5.69. The van der Waals surface area contributed by atoms with E-state index in [0.717, 1.165) is 42.8 Å². The van der Waals surface area contributed by atoms with Gasteiger partial charge >= 0.3 is 0 Å². The van der Waals surface area contributed by atoms with Crippen LogP contribution in [0.3, 0.4) is 0 Å². The molecule has 0 radical (unpaired) electrons. The lowest BCUT2D eigenvalue weighted by Gasteiger charge is -2.28. The summed E-state index contributed by atoms with van der Waals surface area (Å²) in [6.45, 7) is 5.71. The van der Waals surface area contributed by atoms with Crippen LogP contribution in [0.25, 0.3) is 5.52 Å². The largest absolute Gasteiger partial charge is 0.351 e. The first-order valence-electron chi connectivity index (χ1n) is 7.14. The Bertz CT molecular complexity index is 592. The van der Waals surface area contributed by atoms with Gasteiger partial charge < -0.3 is 10.2 Å². The minimum Gasteiger partial charge on any atom is -0.351 e. The number of aromatic nitrogens is 3. The van der Waals surface area contributed by atoms with Gasteiger partial charge in [0, 0.05) is 38.1 Å². The van der Waals surface area contributed by atoms with Crippen molar-refractivity contribution < 1.29 is 0 Å². The molecular weight excluding hydrogens is 238 g/mol. The Kier molecular flexibility index (Phi) is 2.48. The van der Waals surface area contributed by atoms with Crippen molar-refractivity contribution in [3.8, 4) is 0 Å². The van der Waals surface area contributed by atoms with Gasteiger partial charge in [0.15, 0.2) is 5.82 Å².